The predicted molar refractivity (Wildman–Crippen MR) is 72.2 cm³/mol. The minimum atomic E-state index is -0.732. The Morgan fingerprint density at radius 1 is 1.24 bits per heavy atom. The highest BCUT2D eigenvalue weighted by Crippen LogP contribution is 2.17. The second-order valence-corrected chi connectivity index (χ2v) is 4.06. The molecule has 0 aromatic heterocycles. The van der Waals surface area contributed by atoms with Crippen LogP contribution in [-0.4, -0.2) is 10.8 Å². The van der Waals surface area contributed by atoms with Gasteiger partial charge < -0.3 is 5.32 Å². The summed E-state index contributed by atoms with van der Waals surface area (Å²) >= 11 is 0. The number of nitrogens with one attached hydrogen (secondary N) is 1. The first-order valence-electron chi connectivity index (χ1n) is 5.76. The van der Waals surface area contributed by atoms with Gasteiger partial charge in [-0.1, -0.05) is 0 Å². The van der Waals surface area contributed by atoms with Crippen LogP contribution in [-0.2, 0) is 0 Å². The fourth-order valence-corrected chi connectivity index (χ4v) is 1.62. The Balaban J connectivity index is 2.18. The van der Waals surface area contributed by atoms with Crippen LogP contribution < -0.4 is 5.32 Å². The maximum atomic E-state index is 13.6. The predicted octanol–water partition coefficient (Wildman–Crippen LogP) is 2.86. The minimum Gasteiger partial charge on any atom is -0.319 e. The minimum absolute atomic E-state index is 0.0719. The lowest BCUT2D eigenvalue weighted by molar-refractivity contribution is -0.384. The maximum Gasteiger partial charge on any atom is 0.269 e. The number of anilines is 1. The number of rotatable bonds is 3. The molecule has 104 valence electrons. The topological polar surface area (TPSA) is 96.0 Å². The summed E-state index contributed by atoms with van der Waals surface area (Å²) in [4.78, 5) is 21.8. The Morgan fingerprint density at radius 2 is 1.90 bits per heavy atom. The van der Waals surface area contributed by atoms with E-state index in [2.05, 4.69) is 5.32 Å². The molecule has 2 aromatic rings. The average molecular weight is 285 g/mol. The molecule has 1 amide bonds. The van der Waals surface area contributed by atoms with Gasteiger partial charge in [0, 0.05) is 17.7 Å². The first-order chi connectivity index (χ1) is 10.0. The first kappa shape index (κ1) is 14.1. The molecular formula is C14H8FN3O3. The Labute approximate surface area is 118 Å². The molecule has 0 aliphatic rings. The largest absolute Gasteiger partial charge is 0.319 e. The summed E-state index contributed by atoms with van der Waals surface area (Å²) in [7, 11) is 0. The number of amides is 1. The maximum absolute atomic E-state index is 13.6. The van der Waals surface area contributed by atoms with Crippen LogP contribution in [0.1, 0.15) is 15.9 Å². The molecule has 21 heavy (non-hydrogen) atoms. The number of nitrogens with zero attached hydrogens (tertiary/aromatic N) is 2. The molecule has 1 N–H and O–H groups in total. The van der Waals surface area contributed by atoms with E-state index in [0.717, 1.165) is 6.07 Å². The van der Waals surface area contributed by atoms with Gasteiger partial charge in [-0.15, -0.1) is 0 Å². The van der Waals surface area contributed by atoms with Crippen LogP contribution in [0.15, 0.2) is 42.5 Å². The van der Waals surface area contributed by atoms with E-state index in [9.17, 15) is 19.3 Å². The van der Waals surface area contributed by atoms with Gasteiger partial charge in [0.05, 0.1) is 22.2 Å². The van der Waals surface area contributed by atoms with Crippen LogP contribution in [0, 0.1) is 27.3 Å². The smallest absolute Gasteiger partial charge is 0.269 e. The van der Waals surface area contributed by atoms with E-state index >= 15 is 0 Å². The molecule has 0 fully saturated rings. The van der Waals surface area contributed by atoms with Crippen molar-refractivity contribution in [1.29, 1.82) is 5.26 Å². The van der Waals surface area contributed by atoms with Gasteiger partial charge in [-0.25, -0.2) is 4.39 Å². The number of hydrogen-bond donors (Lipinski definition) is 1. The summed E-state index contributed by atoms with van der Waals surface area (Å²) in [6, 6.07) is 10.3. The van der Waals surface area contributed by atoms with E-state index in [1.807, 2.05) is 0 Å². The third kappa shape index (κ3) is 3.19. The summed E-state index contributed by atoms with van der Waals surface area (Å²) in [6.45, 7) is 0. The lowest BCUT2D eigenvalue weighted by Gasteiger charge is -2.06. The van der Waals surface area contributed by atoms with Crippen LogP contribution in [0.25, 0.3) is 0 Å². The van der Waals surface area contributed by atoms with Gasteiger partial charge in [0.2, 0.25) is 0 Å². The first-order valence-corrected chi connectivity index (χ1v) is 5.76. The molecule has 0 atom stereocenters. The van der Waals surface area contributed by atoms with Crippen molar-refractivity contribution in [2.75, 3.05) is 5.32 Å². The number of benzene rings is 2. The van der Waals surface area contributed by atoms with Gasteiger partial charge in [-0.2, -0.15) is 5.26 Å². The summed E-state index contributed by atoms with van der Waals surface area (Å²) in [5, 5.41) is 21.5. The second-order valence-electron chi connectivity index (χ2n) is 4.06. The summed E-state index contributed by atoms with van der Waals surface area (Å²) < 4.78 is 13.6. The summed E-state index contributed by atoms with van der Waals surface area (Å²) in [5.74, 6) is -1.34. The molecule has 0 radical (unpaired) electrons. The van der Waals surface area contributed by atoms with E-state index in [4.69, 9.17) is 5.26 Å². The lowest BCUT2D eigenvalue weighted by Crippen LogP contribution is -2.13. The molecule has 0 aliphatic heterocycles. The molecule has 2 aromatic carbocycles. The van der Waals surface area contributed by atoms with E-state index in [1.165, 1.54) is 36.4 Å². The Morgan fingerprint density at radius 3 is 2.43 bits per heavy atom. The monoisotopic (exact) mass is 285 g/mol. The molecule has 7 heteroatoms. The average Bonchev–Trinajstić information content (AvgIpc) is 2.49. The third-order valence-corrected chi connectivity index (χ3v) is 2.69. The van der Waals surface area contributed by atoms with E-state index < -0.39 is 16.6 Å². The Kier molecular flexibility index (Phi) is 3.90. The van der Waals surface area contributed by atoms with Gasteiger partial charge >= 0.3 is 0 Å². The van der Waals surface area contributed by atoms with Crippen LogP contribution in [0.4, 0.5) is 15.8 Å². The normalized spacial score (nSPS) is 9.71. The van der Waals surface area contributed by atoms with Crippen molar-refractivity contribution in [2.24, 2.45) is 0 Å². The number of nitro groups is 1. The van der Waals surface area contributed by atoms with Gasteiger partial charge in [-0.05, 0) is 30.3 Å². The van der Waals surface area contributed by atoms with Crippen molar-refractivity contribution in [3.8, 4) is 6.07 Å². The highest BCUT2D eigenvalue weighted by atomic mass is 19.1. The molecule has 6 nitrogen and oxygen atoms in total. The van der Waals surface area contributed by atoms with Crippen molar-refractivity contribution in [3.63, 3.8) is 0 Å². The number of nitro benzene ring substituents is 1. The molecule has 0 aliphatic carbocycles. The van der Waals surface area contributed by atoms with Crippen LogP contribution in [0.3, 0.4) is 0 Å². The molecule has 0 saturated heterocycles. The molecule has 0 unspecified atom stereocenters. The molecule has 0 bridgehead atoms. The highest BCUT2D eigenvalue weighted by molar-refractivity contribution is 6.04. The van der Waals surface area contributed by atoms with Crippen LogP contribution in [0.5, 0.6) is 0 Å². The Hall–Kier alpha value is -3.27. The molecule has 0 spiro atoms. The number of halogens is 1. The van der Waals surface area contributed by atoms with Crippen molar-refractivity contribution < 1.29 is 14.1 Å². The van der Waals surface area contributed by atoms with E-state index in [0.29, 0.717) is 0 Å². The zero-order valence-corrected chi connectivity index (χ0v) is 10.5. The fraction of sp³-hybridized carbons (Fsp3) is 0. The second kappa shape index (κ2) is 5.79. The molecule has 2 rings (SSSR count). The molecule has 0 heterocycles. The third-order valence-electron chi connectivity index (χ3n) is 2.69. The van der Waals surface area contributed by atoms with Gasteiger partial charge in [0.1, 0.15) is 5.82 Å². The number of carbonyl (C=O) groups is 1. The van der Waals surface area contributed by atoms with Crippen LogP contribution in [0.2, 0.25) is 0 Å². The molecule has 0 saturated carbocycles. The van der Waals surface area contributed by atoms with Gasteiger partial charge in [-0.3, -0.25) is 14.9 Å². The zero-order valence-electron chi connectivity index (χ0n) is 10.5. The quantitative estimate of drug-likeness (QED) is 0.692. The van der Waals surface area contributed by atoms with Gasteiger partial charge in [0.15, 0.2) is 0 Å². The van der Waals surface area contributed by atoms with E-state index in [-0.39, 0.29) is 22.5 Å². The Bertz CT molecular complexity index is 751. The van der Waals surface area contributed by atoms with Crippen molar-refractivity contribution in [3.05, 3.63) is 69.5 Å². The molecular weight excluding hydrogens is 277 g/mol. The van der Waals surface area contributed by atoms with Crippen molar-refractivity contribution in [1.82, 2.24) is 0 Å². The van der Waals surface area contributed by atoms with Crippen molar-refractivity contribution in [2.45, 2.75) is 0 Å². The highest BCUT2D eigenvalue weighted by Gasteiger charge is 2.12. The number of non-ortho nitro benzene ring substituents is 1. The summed E-state index contributed by atoms with van der Waals surface area (Å²) in [6.07, 6.45) is 0. The van der Waals surface area contributed by atoms with Crippen LogP contribution >= 0.6 is 0 Å². The van der Waals surface area contributed by atoms with Crippen molar-refractivity contribution >= 4 is 17.3 Å². The number of nitriles is 1. The fourth-order valence-electron chi connectivity index (χ4n) is 1.62. The van der Waals surface area contributed by atoms with E-state index in [1.54, 1.807) is 6.07 Å². The standard InChI is InChI=1S/C14H8FN3O3/c15-12-7-9(8-16)1-6-13(12)17-14(19)10-2-4-11(5-3-10)18(20)21/h1-7H,(H,17,19). The lowest BCUT2D eigenvalue weighted by atomic mass is 10.1. The number of carbonyl (C=O) groups excluding carboxylic acids is 1. The number of hydrogen-bond acceptors (Lipinski definition) is 4. The van der Waals surface area contributed by atoms with Gasteiger partial charge in [0.25, 0.3) is 11.6 Å². The zero-order chi connectivity index (χ0) is 15.4. The summed E-state index contributed by atoms with van der Waals surface area (Å²) in [5.41, 5.74) is 0.0821. The SMILES string of the molecule is N#Cc1ccc(NC(=O)c2ccc([N+](=O)[O-])cc2)c(F)c1.